The lowest BCUT2D eigenvalue weighted by Gasteiger charge is -2.29. The summed E-state index contributed by atoms with van der Waals surface area (Å²) in [5, 5.41) is 0.467. The van der Waals surface area contributed by atoms with E-state index in [1.54, 1.807) is 11.9 Å². The van der Waals surface area contributed by atoms with E-state index in [0.717, 1.165) is 18.7 Å². The van der Waals surface area contributed by atoms with Crippen LogP contribution in [0.4, 0.5) is 5.69 Å². The standard InChI is InChI=1S/C22H28ClN3O3S/c1-25(17-18-5-9-20(10-6-18)26-15-3-2-4-16-26)22(27)13-14-24-30(28,29)21-11-7-19(23)8-12-21/h5-12,24H,2-4,13-17H2,1H3. The van der Waals surface area contributed by atoms with Gasteiger partial charge in [-0.25, -0.2) is 13.1 Å². The fraction of sp³-hybridized carbons (Fsp3) is 0.409. The highest BCUT2D eigenvalue weighted by molar-refractivity contribution is 7.89. The predicted molar refractivity (Wildman–Crippen MR) is 120 cm³/mol. The second-order valence-electron chi connectivity index (χ2n) is 7.57. The molecule has 1 fully saturated rings. The zero-order valence-corrected chi connectivity index (χ0v) is 18.8. The van der Waals surface area contributed by atoms with Crippen LogP contribution in [0, 0.1) is 0 Å². The Morgan fingerprint density at radius 2 is 1.67 bits per heavy atom. The van der Waals surface area contributed by atoms with Crippen molar-refractivity contribution in [1.29, 1.82) is 0 Å². The van der Waals surface area contributed by atoms with Gasteiger partial charge < -0.3 is 9.80 Å². The minimum absolute atomic E-state index is 0.0437. The van der Waals surface area contributed by atoms with Crippen molar-refractivity contribution >= 4 is 33.2 Å². The number of halogens is 1. The Kier molecular flexibility index (Phi) is 7.75. The maximum atomic E-state index is 12.4. The van der Waals surface area contributed by atoms with E-state index in [2.05, 4.69) is 33.9 Å². The van der Waals surface area contributed by atoms with Gasteiger partial charge in [-0.3, -0.25) is 4.79 Å². The third-order valence-electron chi connectivity index (χ3n) is 5.26. The molecule has 0 aliphatic carbocycles. The molecule has 6 nitrogen and oxygen atoms in total. The number of piperidine rings is 1. The first-order valence-corrected chi connectivity index (χ1v) is 12.0. The number of anilines is 1. The van der Waals surface area contributed by atoms with Gasteiger partial charge in [0.2, 0.25) is 15.9 Å². The average Bonchev–Trinajstić information content (AvgIpc) is 2.75. The van der Waals surface area contributed by atoms with Crippen molar-refractivity contribution in [3.8, 4) is 0 Å². The topological polar surface area (TPSA) is 69.7 Å². The summed E-state index contributed by atoms with van der Waals surface area (Å²) in [6.07, 6.45) is 3.87. The summed E-state index contributed by atoms with van der Waals surface area (Å²) >= 11 is 5.79. The van der Waals surface area contributed by atoms with Crippen molar-refractivity contribution in [3.63, 3.8) is 0 Å². The van der Waals surface area contributed by atoms with Crippen molar-refractivity contribution in [2.75, 3.05) is 31.6 Å². The largest absolute Gasteiger partial charge is 0.372 e. The molecule has 2 aromatic rings. The van der Waals surface area contributed by atoms with Gasteiger partial charge in [0.05, 0.1) is 4.90 Å². The third-order valence-corrected chi connectivity index (χ3v) is 6.99. The Morgan fingerprint density at radius 1 is 1.03 bits per heavy atom. The highest BCUT2D eigenvalue weighted by Gasteiger charge is 2.16. The highest BCUT2D eigenvalue weighted by atomic mass is 35.5. The fourth-order valence-corrected chi connectivity index (χ4v) is 4.66. The van der Waals surface area contributed by atoms with Gasteiger partial charge in [-0.05, 0) is 61.2 Å². The van der Waals surface area contributed by atoms with Crippen LogP contribution in [0.15, 0.2) is 53.4 Å². The van der Waals surface area contributed by atoms with Crippen LogP contribution >= 0.6 is 11.6 Å². The van der Waals surface area contributed by atoms with E-state index in [1.165, 1.54) is 49.2 Å². The Morgan fingerprint density at radius 3 is 2.30 bits per heavy atom. The summed E-state index contributed by atoms with van der Waals surface area (Å²) < 4.78 is 27.0. The molecule has 1 aliphatic rings. The Labute approximate surface area is 183 Å². The van der Waals surface area contributed by atoms with Gasteiger partial charge in [-0.15, -0.1) is 0 Å². The number of benzene rings is 2. The van der Waals surface area contributed by atoms with Crippen LogP contribution in [-0.4, -0.2) is 45.9 Å². The summed E-state index contributed by atoms with van der Waals surface area (Å²) in [6.45, 7) is 2.73. The molecule has 1 aliphatic heterocycles. The number of nitrogens with zero attached hydrogens (tertiary/aromatic N) is 2. The predicted octanol–water partition coefficient (Wildman–Crippen LogP) is 3.66. The first-order valence-electron chi connectivity index (χ1n) is 10.2. The molecule has 0 atom stereocenters. The van der Waals surface area contributed by atoms with E-state index >= 15 is 0 Å². The smallest absolute Gasteiger partial charge is 0.240 e. The second-order valence-corrected chi connectivity index (χ2v) is 9.77. The van der Waals surface area contributed by atoms with E-state index < -0.39 is 10.0 Å². The van der Waals surface area contributed by atoms with Gasteiger partial charge in [-0.2, -0.15) is 0 Å². The van der Waals surface area contributed by atoms with E-state index in [-0.39, 0.29) is 23.8 Å². The number of amides is 1. The molecule has 3 rings (SSSR count). The van der Waals surface area contributed by atoms with Gasteiger partial charge in [0.1, 0.15) is 0 Å². The summed E-state index contributed by atoms with van der Waals surface area (Å²) in [7, 11) is -1.93. The van der Waals surface area contributed by atoms with Crippen molar-refractivity contribution in [1.82, 2.24) is 9.62 Å². The average molecular weight is 450 g/mol. The lowest BCUT2D eigenvalue weighted by Crippen LogP contribution is -2.32. The summed E-state index contributed by atoms with van der Waals surface area (Å²) in [6, 6.07) is 14.2. The van der Waals surface area contributed by atoms with Gasteiger partial charge in [0, 0.05) is 50.4 Å². The maximum Gasteiger partial charge on any atom is 0.240 e. The molecular formula is C22H28ClN3O3S. The number of sulfonamides is 1. The van der Waals surface area contributed by atoms with Crippen molar-refractivity contribution in [3.05, 3.63) is 59.1 Å². The van der Waals surface area contributed by atoms with Crippen LogP contribution < -0.4 is 9.62 Å². The van der Waals surface area contributed by atoms with Crippen molar-refractivity contribution < 1.29 is 13.2 Å². The minimum Gasteiger partial charge on any atom is -0.372 e. The van der Waals surface area contributed by atoms with Crippen LogP contribution in [0.1, 0.15) is 31.2 Å². The molecule has 0 saturated carbocycles. The molecule has 162 valence electrons. The Hall–Kier alpha value is -2.09. The van der Waals surface area contributed by atoms with Crippen molar-refractivity contribution in [2.45, 2.75) is 37.1 Å². The van der Waals surface area contributed by atoms with Crippen LogP contribution in [0.3, 0.4) is 0 Å². The summed E-state index contributed by atoms with van der Waals surface area (Å²) in [5.74, 6) is -0.117. The fourth-order valence-electron chi connectivity index (χ4n) is 3.51. The van der Waals surface area contributed by atoms with Crippen molar-refractivity contribution in [2.24, 2.45) is 0 Å². The molecule has 0 radical (unpaired) electrons. The maximum absolute atomic E-state index is 12.4. The van der Waals surface area contributed by atoms with Crippen LogP contribution in [0.25, 0.3) is 0 Å². The molecule has 0 bridgehead atoms. The van der Waals surface area contributed by atoms with E-state index in [9.17, 15) is 13.2 Å². The molecule has 0 spiro atoms. The molecule has 0 aromatic heterocycles. The highest BCUT2D eigenvalue weighted by Crippen LogP contribution is 2.20. The molecule has 1 N–H and O–H groups in total. The number of nitrogens with one attached hydrogen (secondary N) is 1. The first-order chi connectivity index (χ1) is 14.3. The van der Waals surface area contributed by atoms with Gasteiger partial charge >= 0.3 is 0 Å². The minimum atomic E-state index is -3.66. The molecule has 0 unspecified atom stereocenters. The zero-order chi connectivity index (χ0) is 21.6. The van der Waals surface area contributed by atoms with E-state index in [1.807, 2.05) is 0 Å². The lowest BCUT2D eigenvalue weighted by atomic mass is 10.1. The zero-order valence-electron chi connectivity index (χ0n) is 17.2. The Bertz CT molecular complexity index is 941. The second kappa shape index (κ2) is 10.3. The lowest BCUT2D eigenvalue weighted by molar-refractivity contribution is -0.130. The SMILES string of the molecule is CN(Cc1ccc(N2CCCCC2)cc1)C(=O)CCNS(=O)(=O)c1ccc(Cl)cc1. The summed E-state index contributed by atoms with van der Waals surface area (Å²) in [5.41, 5.74) is 2.28. The molecular weight excluding hydrogens is 422 g/mol. The van der Waals surface area contributed by atoms with Gasteiger partial charge in [0.15, 0.2) is 0 Å². The van der Waals surface area contributed by atoms with Crippen LogP contribution in [-0.2, 0) is 21.4 Å². The summed E-state index contributed by atoms with van der Waals surface area (Å²) in [4.78, 5) is 16.5. The molecule has 30 heavy (non-hydrogen) atoms. The normalized spacial score (nSPS) is 14.5. The monoisotopic (exact) mass is 449 g/mol. The molecule has 1 amide bonds. The molecule has 1 heterocycles. The third kappa shape index (κ3) is 6.20. The number of carbonyl (C=O) groups is 1. The van der Waals surface area contributed by atoms with E-state index in [0.29, 0.717) is 11.6 Å². The molecule has 2 aromatic carbocycles. The quantitative estimate of drug-likeness (QED) is 0.667. The first kappa shape index (κ1) is 22.6. The Balaban J connectivity index is 1.46. The van der Waals surface area contributed by atoms with Crippen LogP contribution in [0.5, 0.6) is 0 Å². The molecule has 1 saturated heterocycles. The number of rotatable bonds is 8. The van der Waals surface area contributed by atoms with Gasteiger partial charge in [0.25, 0.3) is 0 Å². The number of hydrogen-bond donors (Lipinski definition) is 1. The van der Waals surface area contributed by atoms with Crippen LogP contribution in [0.2, 0.25) is 5.02 Å². The van der Waals surface area contributed by atoms with Gasteiger partial charge in [-0.1, -0.05) is 23.7 Å². The van der Waals surface area contributed by atoms with E-state index in [4.69, 9.17) is 11.6 Å². The number of carbonyl (C=O) groups excluding carboxylic acids is 1. The molecule has 8 heteroatoms. The number of hydrogen-bond acceptors (Lipinski definition) is 4.